The van der Waals surface area contributed by atoms with Gasteiger partial charge in [-0.25, -0.2) is 4.79 Å². The van der Waals surface area contributed by atoms with Crippen LogP contribution in [-0.2, 0) is 9.47 Å². The van der Waals surface area contributed by atoms with Gasteiger partial charge >= 0.3 is 6.16 Å². The van der Waals surface area contributed by atoms with Gasteiger partial charge in [0.25, 0.3) is 0 Å². The third-order valence-corrected chi connectivity index (χ3v) is 5.84. The maximum absolute atomic E-state index is 11.9. The molecule has 3 nitrogen and oxygen atoms in total. The molecule has 4 bridgehead atoms. The van der Waals surface area contributed by atoms with E-state index in [1.807, 2.05) is 0 Å². The molecule has 4 fully saturated rings. The van der Waals surface area contributed by atoms with Crippen LogP contribution < -0.4 is 0 Å². The summed E-state index contributed by atoms with van der Waals surface area (Å²) >= 11 is 0. The number of carbonyl (C=O) groups excluding carboxylic acids is 1. The van der Waals surface area contributed by atoms with Gasteiger partial charge in [0, 0.05) is 0 Å². The highest BCUT2D eigenvalue weighted by atomic mass is 16.7. The summed E-state index contributed by atoms with van der Waals surface area (Å²) in [4.78, 5) is 11.9. The van der Waals surface area contributed by atoms with Crippen LogP contribution in [0, 0.1) is 23.7 Å². The van der Waals surface area contributed by atoms with Crippen LogP contribution in [0.5, 0.6) is 0 Å². The van der Waals surface area contributed by atoms with E-state index in [2.05, 4.69) is 0 Å². The van der Waals surface area contributed by atoms with Crippen LogP contribution >= 0.6 is 0 Å². The summed E-state index contributed by atoms with van der Waals surface area (Å²) in [6, 6.07) is 0. The summed E-state index contributed by atoms with van der Waals surface area (Å²) in [7, 11) is 0. The van der Waals surface area contributed by atoms with Crippen molar-refractivity contribution in [3.05, 3.63) is 0 Å². The summed E-state index contributed by atoms with van der Waals surface area (Å²) in [6.07, 6.45) is 9.81. The minimum Gasteiger partial charge on any atom is -0.431 e. The number of carbonyl (C=O) groups is 1. The Hall–Kier alpha value is -0.730. The zero-order chi connectivity index (χ0) is 12.1. The summed E-state index contributed by atoms with van der Waals surface area (Å²) < 4.78 is 11.1. The Morgan fingerprint density at radius 3 is 1.56 bits per heavy atom. The molecule has 0 heterocycles. The molecular formula is C15H22O3. The monoisotopic (exact) mass is 250 g/mol. The first-order chi connectivity index (χ1) is 8.78. The minimum absolute atomic E-state index is 0.162. The molecular weight excluding hydrogens is 228 g/mol. The van der Waals surface area contributed by atoms with E-state index < -0.39 is 0 Å². The first kappa shape index (κ1) is 11.1. The van der Waals surface area contributed by atoms with Crippen LogP contribution in [0.1, 0.15) is 51.4 Å². The Kier molecular flexibility index (Phi) is 2.56. The first-order valence-electron chi connectivity index (χ1n) is 7.65. The molecule has 0 amide bonds. The Morgan fingerprint density at radius 1 is 0.722 bits per heavy atom. The highest BCUT2D eigenvalue weighted by molar-refractivity contribution is 5.60. The highest BCUT2D eigenvalue weighted by Gasteiger charge is 2.44. The van der Waals surface area contributed by atoms with Gasteiger partial charge in [-0.15, -0.1) is 0 Å². The fourth-order valence-electron chi connectivity index (χ4n) is 4.94. The number of rotatable bonds is 2. The van der Waals surface area contributed by atoms with Gasteiger partial charge in [0.2, 0.25) is 0 Å². The number of hydrogen-bond donors (Lipinski definition) is 0. The Bertz CT molecular complexity index is 322. The molecule has 4 aliphatic rings. The van der Waals surface area contributed by atoms with Gasteiger partial charge in [-0.05, 0) is 75.0 Å². The van der Waals surface area contributed by atoms with Crippen LogP contribution in [-0.4, -0.2) is 18.4 Å². The number of fused-ring (bicyclic) bond motifs is 4. The van der Waals surface area contributed by atoms with Crippen molar-refractivity contribution in [2.24, 2.45) is 23.7 Å². The third kappa shape index (κ3) is 1.83. The van der Waals surface area contributed by atoms with Gasteiger partial charge in [0.15, 0.2) is 0 Å². The summed E-state index contributed by atoms with van der Waals surface area (Å²) in [6.45, 7) is 0. The van der Waals surface area contributed by atoms with Crippen molar-refractivity contribution < 1.29 is 14.3 Å². The van der Waals surface area contributed by atoms with E-state index in [1.165, 1.54) is 38.5 Å². The average Bonchev–Trinajstić information content (AvgIpc) is 3.08. The van der Waals surface area contributed by atoms with Crippen molar-refractivity contribution in [3.8, 4) is 0 Å². The van der Waals surface area contributed by atoms with Gasteiger partial charge in [-0.2, -0.15) is 0 Å². The number of hydrogen-bond acceptors (Lipinski definition) is 3. The molecule has 0 aromatic heterocycles. The topological polar surface area (TPSA) is 35.5 Å². The standard InChI is InChI=1S/C15H22O3/c16-15(17-13-7-9-1-3-11(13)5-9)18-14-8-10-2-4-12(14)6-10/h9-14H,1-8H2. The quantitative estimate of drug-likeness (QED) is 0.703. The van der Waals surface area contributed by atoms with E-state index in [0.29, 0.717) is 11.8 Å². The van der Waals surface area contributed by atoms with Crippen molar-refractivity contribution in [1.29, 1.82) is 0 Å². The predicted octanol–water partition coefficient (Wildman–Crippen LogP) is 3.52. The molecule has 0 aromatic rings. The maximum atomic E-state index is 11.9. The van der Waals surface area contributed by atoms with Crippen molar-refractivity contribution in [2.75, 3.05) is 0 Å². The molecule has 0 aliphatic heterocycles. The second-order valence-corrected chi connectivity index (χ2v) is 6.91. The molecule has 18 heavy (non-hydrogen) atoms. The maximum Gasteiger partial charge on any atom is 0.508 e. The molecule has 0 N–H and O–H groups in total. The molecule has 0 saturated heterocycles. The van der Waals surface area contributed by atoms with Crippen molar-refractivity contribution in [3.63, 3.8) is 0 Å². The lowest BCUT2D eigenvalue weighted by Crippen LogP contribution is -2.29. The van der Waals surface area contributed by atoms with E-state index in [9.17, 15) is 4.79 Å². The normalized spacial score (nSPS) is 48.7. The van der Waals surface area contributed by atoms with Crippen LogP contribution in [0.4, 0.5) is 4.79 Å². The second-order valence-electron chi connectivity index (χ2n) is 6.91. The Balaban J connectivity index is 1.29. The van der Waals surface area contributed by atoms with Gasteiger partial charge in [0.1, 0.15) is 12.2 Å². The Labute approximate surface area is 108 Å². The summed E-state index contributed by atoms with van der Waals surface area (Å²) in [5.41, 5.74) is 0. The lowest BCUT2D eigenvalue weighted by molar-refractivity contribution is -0.0283. The number of ether oxygens (including phenoxy) is 2. The lowest BCUT2D eigenvalue weighted by Gasteiger charge is -2.25. The van der Waals surface area contributed by atoms with Crippen LogP contribution in [0.25, 0.3) is 0 Å². The molecule has 4 saturated carbocycles. The first-order valence-corrected chi connectivity index (χ1v) is 7.65. The van der Waals surface area contributed by atoms with Gasteiger partial charge in [-0.3, -0.25) is 0 Å². The fraction of sp³-hybridized carbons (Fsp3) is 0.933. The second kappa shape index (κ2) is 4.14. The van der Waals surface area contributed by atoms with E-state index in [4.69, 9.17) is 9.47 Å². The van der Waals surface area contributed by atoms with E-state index in [-0.39, 0.29) is 18.4 Å². The smallest absolute Gasteiger partial charge is 0.431 e. The third-order valence-electron chi connectivity index (χ3n) is 5.84. The SMILES string of the molecule is O=C(OC1CC2CCC1C2)OC1CC2CCC1C2. The van der Waals surface area contributed by atoms with E-state index in [1.54, 1.807) is 0 Å². The van der Waals surface area contributed by atoms with Crippen LogP contribution in [0.2, 0.25) is 0 Å². The molecule has 6 atom stereocenters. The van der Waals surface area contributed by atoms with Crippen molar-refractivity contribution >= 4 is 6.16 Å². The van der Waals surface area contributed by atoms with Crippen LogP contribution in [0.15, 0.2) is 0 Å². The van der Waals surface area contributed by atoms with E-state index in [0.717, 1.165) is 24.7 Å². The predicted molar refractivity (Wildman–Crippen MR) is 66.0 cm³/mol. The van der Waals surface area contributed by atoms with Gasteiger partial charge in [-0.1, -0.05) is 0 Å². The molecule has 0 radical (unpaired) electrons. The molecule has 3 heteroatoms. The zero-order valence-corrected chi connectivity index (χ0v) is 10.8. The van der Waals surface area contributed by atoms with E-state index >= 15 is 0 Å². The average molecular weight is 250 g/mol. The molecule has 100 valence electrons. The van der Waals surface area contributed by atoms with Gasteiger partial charge in [0.05, 0.1) is 0 Å². The zero-order valence-electron chi connectivity index (χ0n) is 10.8. The molecule has 0 spiro atoms. The Morgan fingerprint density at radius 2 is 1.22 bits per heavy atom. The summed E-state index contributed by atoms with van der Waals surface area (Å²) in [5, 5.41) is 0. The van der Waals surface area contributed by atoms with Crippen molar-refractivity contribution in [2.45, 2.75) is 63.6 Å². The molecule has 4 rings (SSSR count). The lowest BCUT2D eigenvalue weighted by atomic mass is 9.97. The van der Waals surface area contributed by atoms with Crippen LogP contribution in [0.3, 0.4) is 0 Å². The molecule has 4 aliphatic carbocycles. The summed E-state index contributed by atoms with van der Waals surface area (Å²) in [5.74, 6) is 2.88. The fourth-order valence-corrected chi connectivity index (χ4v) is 4.94. The largest absolute Gasteiger partial charge is 0.508 e. The minimum atomic E-state index is -0.384. The molecule has 6 unspecified atom stereocenters. The van der Waals surface area contributed by atoms with Crippen molar-refractivity contribution in [1.82, 2.24) is 0 Å². The van der Waals surface area contributed by atoms with Gasteiger partial charge < -0.3 is 9.47 Å². The highest BCUT2D eigenvalue weighted by Crippen LogP contribution is 2.47. The molecule has 0 aromatic carbocycles.